The van der Waals surface area contributed by atoms with Crippen molar-refractivity contribution in [2.75, 3.05) is 31.2 Å². The number of hydrogen-bond acceptors (Lipinski definition) is 3. The fourth-order valence-electron chi connectivity index (χ4n) is 2.56. The molecule has 1 aliphatic carbocycles. The van der Waals surface area contributed by atoms with E-state index >= 15 is 0 Å². The molecule has 1 aromatic carbocycles. The molecule has 3 heteroatoms. The van der Waals surface area contributed by atoms with E-state index in [1.54, 1.807) is 0 Å². The molecule has 1 saturated heterocycles. The van der Waals surface area contributed by atoms with Crippen molar-refractivity contribution in [1.82, 2.24) is 0 Å². The van der Waals surface area contributed by atoms with Gasteiger partial charge in [0, 0.05) is 30.8 Å². The third kappa shape index (κ3) is 3.05. The summed E-state index contributed by atoms with van der Waals surface area (Å²) in [6.45, 7) is 5.70. The van der Waals surface area contributed by atoms with Gasteiger partial charge in [-0.25, -0.2) is 0 Å². The predicted octanol–water partition coefficient (Wildman–Crippen LogP) is 3.38. The zero-order valence-electron chi connectivity index (χ0n) is 11.9. The third-order valence-corrected chi connectivity index (χ3v) is 3.80. The summed E-state index contributed by atoms with van der Waals surface area (Å²) in [5, 5.41) is 0. The summed E-state index contributed by atoms with van der Waals surface area (Å²) < 4.78 is 11.4. The van der Waals surface area contributed by atoms with E-state index in [2.05, 4.69) is 48.3 Å². The first kappa shape index (κ1) is 13.3. The summed E-state index contributed by atoms with van der Waals surface area (Å²) in [5.74, 6) is 2.42. The Balaban J connectivity index is 1.74. The molecule has 0 spiro atoms. The summed E-state index contributed by atoms with van der Waals surface area (Å²) in [4.78, 5) is 2.34. The van der Waals surface area contributed by atoms with Crippen LogP contribution in [0.4, 0.5) is 5.69 Å². The van der Waals surface area contributed by atoms with Crippen LogP contribution in [0.3, 0.4) is 0 Å². The van der Waals surface area contributed by atoms with Gasteiger partial charge in [0.15, 0.2) is 0 Å². The lowest BCUT2D eigenvalue weighted by Crippen LogP contribution is -2.36. The molecule has 106 valence electrons. The standard InChI is InChI=1S/C17H21NO2/c1-14-5-2-3-8-17(14)20-16-7-4-6-15(13-16)18-9-11-19-12-10-18/h2-4,6-8,13-14H,5,9-12H2,1H3. The van der Waals surface area contributed by atoms with Crippen LogP contribution in [0, 0.1) is 5.92 Å². The normalized spacial score (nSPS) is 22.6. The van der Waals surface area contributed by atoms with Crippen LogP contribution in [-0.4, -0.2) is 26.3 Å². The number of anilines is 1. The van der Waals surface area contributed by atoms with Gasteiger partial charge in [-0.15, -0.1) is 0 Å². The molecule has 1 aromatic rings. The van der Waals surface area contributed by atoms with E-state index in [1.165, 1.54) is 5.69 Å². The van der Waals surface area contributed by atoms with Gasteiger partial charge in [-0.2, -0.15) is 0 Å². The smallest absolute Gasteiger partial charge is 0.129 e. The Morgan fingerprint density at radius 2 is 2.10 bits per heavy atom. The second kappa shape index (κ2) is 6.14. The quantitative estimate of drug-likeness (QED) is 0.841. The van der Waals surface area contributed by atoms with Crippen LogP contribution in [0.1, 0.15) is 13.3 Å². The largest absolute Gasteiger partial charge is 0.461 e. The molecule has 1 atom stereocenters. The summed E-state index contributed by atoms with van der Waals surface area (Å²) in [7, 11) is 0. The molecule has 20 heavy (non-hydrogen) atoms. The first-order valence-corrected chi connectivity index (χ1v) is 7.30. The molecule has 3 nitrogen and oxygen atoms in total. The molecule has 0 amide bonds. The number of benzene rings is 1. The molecule has 0 aromatic heterocycles. The average Bonchev–Trinajstić information content (AvgIpc) is 2.51. The summed E-state index contributed by atoms with van der Waals surface area (Å²) >= 11 is 0. The highest BCUT2D eigenvalue weighted by Gasteiger charge is 2.14. The topological polar surface area (TPSA) is 21.7 Å². The Kier molecular flexibility index (Phi) is 4.07. The van der Waals surface area contributed by atoms with Gasteiger partial charge in [-0.1, -0.05) is 25.1 Å². The summed E-state index contributed by atoms with van der Waals surface area (Å²) in [6.07, 6.45) is 7.37. The highest BCUT2D eigenvalue weighted by atomic mass is 16.5. The molecule has 3 rings (SSSR count). The van der Waals surface area contributed by atoms with Gasteiger partial charge in [0.2, 0.25) is 0 Å². The highest BCUT2D eigenvalue weighted by Crippen LogP contribution is 2.27. The molecule has 0 radical (unpaired) electrons. The second-order valence-corrected chi connectivity index (χ2v) is 5.33. The first-order valence-electron chi connectivity index (χ1n) is 7.30. The molecular formula is C17H21NO2. The minimum atomic E-state index is 0.451. The van der Waals surface area contributed by atoms with Crippen LogP contribution in [0.15, 0.2) is 48.3 Å². The number of ether oxygens (including phenoxy) is 2. The monoisotopic (exact) mass is 271 g/mol. The summed E-state index contributed by atoms with van der Waals surface area (Å²) in [5.41, 5.74) is 1.21. The molecular weight excluding hydrogens is 250 g/mol. The van der Waals surface area contributed by atoms with E-state index in [-0.39, 0.29) is 0 Å². The van der Waals surface area contributed by atoms with Gasteiger partial charge in [-0.3, -0.25) is 0 Å². The zero-order valence-corrected chi connectivity index (χ0v) is 11.9. The van der Waals surface area contributed by atoms with E-state index in [9.17, 15) is 0 Å². The Hall–Kier alpha value is -1.74. The van der Waals surface area contributed by atoms with Crippen molar-refractivity contribution in [2.24, 2.45) is 5.92 Å². The van der Waals surface area contributed by atoms with Crippen LogP contribution < -0.4 is 9.64 Å². The lowest BCUT2D eigenvalue weighted by atomic mass is 10.0. The number of allylic oxidation sites excluding steroid dienone is 4. The predicted molar refractivity (Wildman–Crippen MR) is 81.1 cm³/mol. The number of rotatable bonds is 3. The van der Waals surface area contributed by atoms with Gasteiger partial charge in [0.1, 0.15) is 11.5 Å². The van der Waals surface area contributed by atoms with Crippen molar-refractivity contribution in [3.8, 4) is 5.75 Å². The third-order valence-electron chi connectivity index (χ3n) is 3.80. The molecule has 0 saturated carbocycles. The lowest BCUT2D eigenvalue weighted by Gasteiger charge is -2.29. The van der Waals surface area contributed by atoms with Crippen LogP contribution in [-0.2, 0) is 4.74 Å². The Bertz CT molecular complexity index is 515. The molecule has 1 fully saturated rings. The van der Waals surface area contributed by atoms with E-state index < -0.39 is 0 Å². The molecule has 2 aliphatic rings. The van der Waals surface area contributed by atoms with Gasteiger partial charge in [0.05, 0.1) is 13.2 Å². The molecule has 0 bridgehead atoms. The minimum Gasteiger partial charge on any atom is -0.461 e. The number of morpholine rings is 1. The van der Waals surface area contributed by atoms with Crippen LogP contribution >= 0.6 is 0 Å². The van der Waals surface area contributed by atoms with Gasteiger partial charge in [0.25, 0.3) is 0 Å². The van der Waals surface area contributed by atoms with Crippen molar-refractivity contribution >= 4 is 5.69 Å². The number of hydrogen-bond donors (Lipinski definition) is 0. The van der Waals surface area contributed by atoms with Crippen molar-refractivity contribution in [2.45, 2.75) is 13.3 Å². The fourth-order valence-corrected chi connectivity index (χ4v) is 2.56. The molecule has 1 aliphatic heterocycles. The lowest BCUT2D eigenvalue weighted by molar-refractivity contribution is 0.122. The maximum atomic E-state index is 6.05. The maximum Gasteiger partial charge on any atom is 0.129 e. The molecule has 0 N–H and O–H groups in total. The maximum absolute atomic E-state index is 6.05. The van der Waals surface area contributed by atoms with Crippen LogP contribution in [0.2, 0.25) is 0 Å². The number of nitrogens with zero attached hydrogens (tertiary/aromatic N) is 1. The van der Waals surface area contributed by atoms with Crippen molar-refractivity contribution < 1.29 is 9.47 Å². The van der Waals surface area contributed by atoms with Gasteiger partial charge in [-0.05, 0) is 24.6 Å². The van der Waals surface area contributed by atoms with Crippen molar-refractivity contribution in [1.29, 1.82) is 0 Å². The summed E-state index contributed by atoms with van der Waals surface area (Å²) in [6, 6.07) is 8.34. The molecule has 1 unspecified atom stereocenters. The zero-order chi connectivity index (χ0) is 13.8. The second-order valence-electron chi connectivity index (χ2n) is 5.33. The highest BCUT2D eigenvalue weighted by molar-refractivity contribution is 5.51. The fraction of sp³-hybridized carbons (Fsp3) is 0.412. The Morgan fingerprint density at radius 1 is 1.25 bits per heavy atom. The van der Waals surface area contributed by atoms with Gasteiger partial charge < -0.3 is 14.4 Å². The van der Waals surface area contributed by atoms with E-state index in [1.807, 2.05) is 6.07 Å². The molecule has 1 heterocycles. The van der Waals surface area contributed by atoms with E-state index in [0.717, 1.165) is 44.2 Å². The average molecular weight is 271 g/mol. The first-order chi connectivity index (χ1) is 9.83. The van der Waals surface area contributed by atoms with Crippen molar-refractivity contribution in [3.63, 3.8) is 0 Å². The van der Waals surface area contributed by atoms with Gasteiger partial charge >= 0.3 is 0 Å². The Labute approximate surface area is 120 Å². The minimum absolute atomic E-state index is 0.451. The Morgan fingerprint density at radius 3 is 2.90 bits per heavy atom. The van der Waals surface area contributed by atoms with Crippen LogP contribution in [0.25, 0.3) is 0 Å². The van der Waals surface area contributed by atoms with Crippen molar-refractivity contribution in [3.05, 3.63) is 48.3 Å². The SMILES string of the molecule is CC1CC=CC=C1Oc1cccc(N2CCOCC2)c1. The van der Waals surface area contributed by atoms with E-state index in [4.69, 9.17) is 9.47 Å². The van der Waals surface area contributed by atoms with Crippen LogP contribution in [0.5, 0.6) is 5.75 Å². The van der Waals surface area contributed by atoms with E-state index in [0.29, 0.717) is 5.92 Å².